The molecular formula is C23H24N4O2. The maximum absolute atomic E-state index is 12.1. The maximum Gasteiger partial charge on any atom is 0.229 e. The summed E-state index contributed by atoms with van der Waals surface area (Å²) in [7, 11) is 0. The number of amides is 2. The van der Waals surface area contributed by atoms with Crippen LogP contribution in [0.5, 0.6) is 0 Å². The lowest BCUT2D eigenvalue weighted by Crippen LogP contribution is -2.33. The van der Waals surface area contributed by atoms with E-state index in [1.54, 1.807) is 0 Å². The van der Waals surface area contributed by atoms with Gasteiger partial charge in [-0.25, -0.2) is 0 Å². The summed E-state index contributed by atoms with van der Waals surface area (Å²) in [4.78, 5) is 27.8. The van der Waals surface area contributed by atoms with Gasteiger partial charge in [0.1, 0.15) is 6.42 Å². The number of aromatic nitrogens is 1. The molecule has 0 saturated carbocycles. The Hall–Kier alpha value is -3.28. The SMILES string of the molecule is O=C1CC(=O)NCC[C@@H]2c3ccccc3N[C@H]2c2[nH]c3ccccc3c2CCN1. The lowest BCUT2D eigenvalue weighted by molar-refractivity contribution is -0.129. The van der Waals surface area contributed by atoms with E-state index in [0.717, 1.165) is 17.6 Å². The Morgan fingerprint density at radius 2 is 1.62 bits per heavy atom. The number of hydrogen-bond donors (Lipinski definition) is 4. The fourth-order valence-electron chi connectivity index (χ4n) is 4.72. The molecule has 1 aromatic heterocycles. The topological polar surface area (TPSA) is 86.0 Å². The normalized spacial score (nSPS) is 22.1. The molecule has 3 aromatic rings. The van der Waals surface area contributed by atoms with Crippen LogP contribution in [0.3, 0.4) is 0 Å². The summed E-state index contributed by atoms with van der Waals surface area (Å²) in [5.41, 5.74) is 5.95. The molecule has 4 N–H and O–H groups in total. The van der Waals surface area contributed by atoms with Gasteiger partial charge in [-0.3, -0.25) is 9.59 Å². The van der Waals surface area contributed by atoms with E-state index in [2.05, 4.69) is 51.3 Å². The Kier molecular flexibility index (Phi) is 4.46. The second-order valence-electron chi connectivity index (χ2n) is 7.79. The summed E-state index contributed by atoms with van der Waals surface area (Å²) in [6.45, 7) is 1.05. The standard InChI is InChI=1S/C23H24N4O2/c28-20-13-21(29)25-12-10-17-15-6-2-4-8-19(15)27-23(17)22-16(9-11-24-20)14-5-1-3-7-18(14)26-22/h1-8,16,22,26-27H,9-13H2,(H,24,28)(H,25,29)/t16-,22-/m1/s1. The molecule has 2 atom stereocenters. The Bertz CT molecular complexity index is 1090. The van der Waals surface area contributed by atoms with Crippen molar-refractivity contribution in [3.05, 3.63) is 65.4 Å². The molecule has 0 saturated heterocycles. The van der Waals surface area contributed by atoms with Crippen molar-refractivity contribution in [2.24, 2.45) is 0 Å². The van der Waals surface area contributed by atoms with Gasteiger partial charge in [0.25, 0.3) is 0 Å². The third kappa shape index (κ3) is 3.24. The summed E-state index contributed by atoms with van der Waals surface area (Å²) in [6.07, 6.45) is 1.40. The highest BCUT2D eigenvalue weighted by molar-refractivity contribution is 5.96. The van der Waals surface area contributed by atoms with Crippen LogP contribution in [0.4, 0.5) is 5.69 Å². The number of H-pyrrole nitrogens is 1. The predicted octanol–water partition coefficient (Wildman–Crippen LogP) is 2.99. The molecule has 0 bridgehead atoms. The Morgan fingerprint density at radius 3 is 2.52 bits per heavy atom. The van der Waals surface area contributed by atoms with E-state index in [9.17, 15) is 9.59 Å². The van der Waals surface area contributed by atoms with E-state index < -0.39 is 0 Å². The Balaban J connectivity index is 1.60. The first kappa shape index (κ1) is 17.8. The molecule has 2 amide bonds. The second kappa shape index (κ2) is 7.28. The number of carbonyl (C=O) groups is 2. The number of para-hydroxylation sites is 2. The van der Waals surface area contributed by atoms with E-state index in [4.69, 9.17) is 0 Å². The first-order valence-corrected chi connectivity index (χ1v) is 10.2. The predicted molar refractivity (Wildman–Crippen MR) is 113 cm³/mol. The summed E-state index contributed by atoms with van der Waals surface area (Å²) in [5, 5.41) is 10.7. The van der Waals surface area contributed by atoms with Gasteiger partial charge in [-0.05, 0) is 36.1 Å². The molecule has 5 rings (SSSR count). The first-order valence-electron chi connectivity index (χ1n) is 10.2. The van der Waals surface area contributed by atoms with Crippen LogP contribution in [0.25, 0.3) is 10.9 Å². The van der Waals surface area contributed by atoms with E-state index in [0.29, 0.717) is 19.5 Å². The average Bonchev–Trinajstić information content (AvgIpc) is 3.26. The quantitative estimate of drug-likeness (QED) is 0.447. The van der Waals surface area contributed by atoms with Crippen LogP contribution in [0.2, 0.25) is 0 Å². The molecule has 0 unspecified atom stereocenters. The zero-order valence-electron chi connectivity index (χ0n) is 16.1. The van der Waals surface area contributed by atoms with Crippen LogP contribution in [0.15, 0.2) is 48.5 Å². The lowest BCUT2D eigenvalue weighted by atomic mass is 9.88. The molecule has 2 aliphatic heterocycles. The fourth-order valence-corrected chi connectivity index (χ4v) is 4.72. The number of nitrogens with one attached hydrogen (secondary N) is 4. The number of rotatable bonds is 0. The van der Waals surface area contributed by atoms with Gasteiger partial charge < -0.3 is 20.9 Å². The molecule has 0 aliphatic carbocycles. The minimum Gasteiger partial charge on any atom is -0.376 e. The highest BCUT2D eigenvalue weighted by atomic mass is 16.2. The van der Waals surface area contributed by atoms with Crippen molar-refractivity contribution in [2.45, 2.75) is 31.2 Å². The van der Waals surface area contributed by atoms with Gasteiger partial charge >= 0.3 is 0 Å². The molecule has 148 valence electrons. The fraction of sp³-hybridized carbons (Fsp3) is 0.304. The summed E-state index contributed by atoms with van der Waals surface area (Å²) in [5.74, 6) is -0.212. The maximum atomic E-state index is 12.1. The van der Waals surface area contributed by atoms with Gasteiger partial charge in [-0.2, -0.15) is 0 Å². The number of anilines is 1. The van der Waals surface area contributed by atoms with Crippen LogP contribution in [-0.2, 0) is 16.0 Å². The monoisotopic (exact) mass is 388 g/mol. The smallest absolute Gasteiger partial charge is 0.229 e. The highest BCUT2D eigenvalue weighted by Crippen LogP contribution is 2.47. The van der Waals surface area contributed by atoms with Crippen LogP contribution in [0.1, 0.15) is 41.6 Å². The van der Waals surface area contributed by atoms with Crippen molar-refractivity contribution in [3.63, 3.8) is 0 Å². The van der Waals surface area contributed by atoms with Crippen molar-refractivity contribution in [3.8, 4) is 0 Å². The van der Waals surface area contributed by atoms with Crippen LogP contribution in [-0.4, -0.2) is 29.9 Å². The van der Waals surface area contributed by atoms with Crippen molar-refractivity contribution >= 4 is 28.4 Å². The highest BCUT2D eigenvalue weighted by Gasteiger charge is 2.35. The minimum absolute atomic E-state index is 0.100. The molecule has 6 nitrogen and oxygen atoms in total. The van der Waals surface area contributed by atoms with Gasteiger partial charge in [0.15, 0.2) is 0 Å². The minimum atomic E-state index is -0.230. The molecule has 6 heteroatoms. The number of aromatic amines is 1. The third-order valence-electron chi connectivity index (χ3n) is 6.03. The first-order chi connectivity index (χ1) is 14.2. The molecule has 29 heavy (non-hydrogen) atoms. The molecule has 2 aliphatic rings. The molecular weight excluding hydrogens is 364 g/mol. The number of hydrogen-bond acceptors (Lipinski definition) is 3. The van der Waals surface area contributed by atoms with Crippen molar-refractivity contribution in [2.75, 3.05) is 18.4 Å². The zero-order valence-corrected chi connectivity index (χ0v) is 16.1. The van der Waals surface area contributed by atoms with E-state index in [-0.39, 0.29) is 30.2 Å². The van der Waals surface area contributed by atoms with Gasteiger partial charge in [-0.1, -0.05) is 36.4 Å². The number of fused-ring (bicyclic) bond motifs is 7. The van der Waals surface area contributed by atoms with Crippen molar-refractivity contribution < 1.29 is 9.59 Å². The van der Waals surface area contributed by atoms with Crippen molar-refractivity contribution in [1.29, 1.82) is 0 Å². The summed E-state index contributed by atoms with van der Waals surface area (Å²) in [6, 6.07) is 16.8. The van der Waals surface area contributed by atoms with Crippen LogP contribution < -0.4 is 16.0 Å². The molecule has 0 spiro atoms. The summed E-state index contributed by atoms with van der Waals surface area (Å²) >= 11 is 0. The number of benzene rings is 2. The van der Waals surface area contributed by atoms with E-state index >= 15 is 0 Å². The van der Waals surface area contributed by atoms with Crippen LogP contribution in [0, 0.1) is 0 Å². The van der Waals surface area contributed by atoms with Gasteiger partial charge in [-0.15, -0.1) is 0 Å². The Labute approximate surface area is 169 Å². The summed E-state index contributed by atoms with van der Waals surface area (Å²) < 4.78 is 0. The third-order valence-corrected chi connectivity index (χ3v) is 6.03. The average molecular weight is 388 g/mol. The van der Waals surface area contributed by atoms with Crippen molar-refractivity contribution in [1.82, 2.24) is 15.6 Å². The van der Waals surface area contributed by atoms with E-state index in [1.807, 2.05) is 18.2 Å². The second-order valence-corrected chi connectivity index (χ2v) is 7.79. The van der Waals surface area contributed by atoms with Crippen LogP contribution >= 0.6 is 0 Å². The molecule has 0 radical (unpaired) electrons. The molecule has 0 fully saturated rings. The largest absolute Gasteiger partial charge is 0.376 e. The molecule has 3 heterocycles. The number of carbonyl (C=O) groups excluding carboxylic acids is 2. The van der Waals surface area contributed by atoms with E-state index in [1.165, 1.54) is 22.2 Å². The lowest BCUT2D eigenvalue weighted by Gasteiger charge is -2.21. The zero-order chi connectivity index (χ0) is 19.8. The van der Waals surface area contributed by atoms with Gasteiger partial charge in [0.05, 0.1) is 6.04 Å². The Morgan fingerprint density at radius 1 is 0.862 bits per heavy atom. The van der Waals surface area contributed by atoms with Gasteiger partial charge in [0, 0.05) is 41.3 Å². The van der Waals surface area contributed by atoms with Gasteiger partial charge in [0.2, 0.25) is 11.8 Å². The molecule has 2 aromatic carbocycles.